The van der Waals surface area contributed by atoms with Gasteiger partial charge in [-0.25, -0.2) is 19.2 Å². The minimum absolute atomic E-state index is 0.0961. The highest BCUT2D eigenvalue weighted by atomic mass is 35.5. The van der Waals surface area contributed by atoms with Crippen molar-refractivity contribution in [2.24, 2.45) is 0 Å². The van der Waals surface area contributed by atoms with Crippen LogP contribution in [0.4, 0.5) is 26.5 Å². The Labute approximate surface area is 210 Å². The molecule has 2 amide bonds. The fourth-order valence-corrected chi connectivity index (χ4v) is 4.36. The highest BCUT2D eigenvalue weighted by molar-refractivity contribution is 6.42. The summed E-state index contributed by atoms with van der Waals surface area (Å²) in [5.74, 6) is -0.436. The number of halogens is 3. The summed E-state index contributed by atoms with van der Waals surface area (Å²) in [5, 5.41) is 5.30. The zero-order valence-corrected chi connectivity index (χ0v) is 20.1. The van der Waals surface area contributed by atoms with Crippen molar-refractivity contribution in [1.29, 1.82) is 0 Å². The van der Waals surface area contributed by atoms with Crippen molar-refractivity contribution in [2.45, 2.75) is 13.5 Å². The fraction of sp³-hybridized carbons (Fsp3) is 0.167. The summed E-state index contributed by atoms with van der Waals surface area (Å²) in [5.41, 5.74) is 8.32. The second kappa shape index (κ2) is 9.16. The van der Waals surface area contributed by atoms with Crippen molar-refractivity contribution in [3.8, 4) is 22.5 Å². The van der Waals surface area contributed by atoms with Crippen LogP contribution in [0.15, 0.2) is 54.9 Å². The number of rotatable bonds is 5. The average molecular weight is 512 g/mol. The van der Waals surface area contributed by atoms with E-state index in [0.29, 0.717) is 57.9 Å². The Balaban J connectivity index is 1.54. The molecule has 4 aromatic rings. The van der Waals surface area contributed by atoms with Crippen LogP contribution >= 0.6 is 23.2 Å². The molecular formula is C24H20Cl2FN7O. The number of nitrogen functional groups attached to an aromatic ring is 1. The molecule has 8 nitrogen and oxygen atoms in total. The van der Waals surface area contributed by atoms with Crippen molar-refractivity contribution in [1.82, 2.24) is 19.7 Å². The lowest BCUT2D eigenvalue weighted by Gasteiger charge is -2.20. The number of amides is 2. The van der Waals surface area contributed by atoms with Gasteiger partial charge in [0.05, 0.1) is 21.4 Å². The first-order valence-electron chi connectivity index (χ1n) is 10.9. The third kappa shape index (κ3) is 4.17. The number of urea groups is 1. The first-order chi connectivity index (χ1) is 16.9. The molecule has 1 aliphatic rings. The predicted molar refractivity (Wildman–Crippen MR) is 135 cm³/mol. The molecule has 2 aromatic heterocycles. The van der Waals surface area contributed by atoms with Crippen LogP contribution in [0.5, 0.6) is 0 Å². The van der Waals surface area contributed by atoms with Gasteiger partial charge >= 0.3 is 6.03 Å². The Morgan fingerprint density at radius 3 is 2.60 bits per heavy atom. The van der Waals surface area contributed by atoms with Crippen LogP contribution in [-0.2, 0) is 6.54 Å². The monoisotopic (exact) mass is 511 g/mol. The van der Waals surface area contributed by atoms with Gasteiger partial charge in [-0.1, -0.05) is 35.3 Å². The average Bonchev–Trinajstić information content (AvgIpc) is 3.45. The van der Waals surface area contributed by atoms with Gasteiger partial charge in [-0.15, -0.1) is 0 Å². The summed E-state index contributed by atoms with van der Waals surface area (Å²) < 4.78 is 17.7. The summed E-state index contributed by atoms with van der Waals surface area (Å²) in [6, 6.07) is 11.2. The van der Waals surface area contributed by atoms with Crippen LogP contribution < -0.4 is 15.5 Å². The van der Waals surface area contributed by atoms with Crippen LogP contribution in [0, 0.1) is 5.82 Å². The van der Waals surface area contributed by atoms with E-state index in [1.165, 1.54) is 11.1 Å². The molecular weight excluding hydrogens is 492 g/mol. The molecule has 178 valence electrons. The summed E-state index contributed by atoms with van der Waals surface area (Å²) in [6.45, 7) is 3.20. The van der Waals surface area contributed by atoms with Crippen molar-refractivity contribution in [3.63, 3.8) is 0 Å². The molecule has 0 unspecified atom stereocenters. The minimum atomic E-state index is -0.532. The van der Waals surface area contributed by atoms with Crippen molar-refractivity contribution < 1.29 is 9.18 Å². The normalized spacial score (nSPS) is 13.7. The molecule has 3 heterocycles. The van der Waals surface area contributed by atoms with Gasteiger partial charge in [0.15, 0.2) is 5.82 Å². The standard InChI is InChI=1S/C24H20Cl2FN7O/c1-2-32-13-16(22(31-32)19-8-9-29-23(28)30-19)15-4-3-5-20(21(15)27)34-11-10-33(24(34)35)14-6-7-17(25)18(26)12-14/h3-9,12-13H,2,10-11H2,1H3,(H2,28,29,30). The maximum absolute atomic E-state index is 16.0. The topological polar surface area (TPSA) is 93.2 Å². The number of hydrogen-bond donors (Lipinski definition) is 1. The molecule has 5 rings (SSSR count). The number of nitrogens with two attached hydrogens (primary N) is 1. The third-order valence-corrected chi connectivity index (χ3v) is 6.52. The first kappa shape index (κ1) is 23.1. The van der Waals surface area contributed by atoms with Gasteiger partial charge in [0.1, 0.15) is 5.69 Å². The Kier molecular flexibility index (Phi) is 6.04. The highest BCUT2D eigenvalue weighted by Gasteiger charge is 2.33. The number of carbonyl (C=O) groups is 1. The zero-order chi connectivity index (χ0) is 24.7. The van der Waals surface area contributed by atoms with Gasteiger partial charge in [-0.3, -0.25) is 14.5 Å². The van der Waals surface area contributed by atoms with Crippen molar-refractivity contribution in [2.75, 3.05) is 28.6 Å². The Bertz CT molecular complexity index is 1440. The molecule has 2 aromatic carbocycles. The SMILES string of the molecule is CCn1cc(-c2cccc(N3CCN(c4ccc(Cl)c(Cl)c4)C3=O)c2F)c(-c2ccnc(N)n2)n1. The van der Waals surface area contributed by atoms with E-state index in [2.05, 4.69) is 15.1 Å². The lowest BCUT2D eigenvalue weighted by atomic mass is 10.0. The molecule has 0 bridgehead atoms. The van der Waals surface area contributed by atoms with Crippen LogP contribution in [0.3, 0.4) is 0 Å². The number of aryl methyl sites for hydroxylation is 1. The van der Waals surface area contributed by atoms with Gasteiger partial charge < -0.3 is 5.73 Å². The van der Waals surface area contributed by atoms with Gasteiger partial charge in [-0.2, -0.15) is 5.10 Å². The fourth-order valence-electron chi connectivity index (χ4n) is 4.06. The second-order valence-corrected chi connectivity index (χ2v) is 8.68. The highest BCUT2D eigenvalue weighted by Crippen LogP contribution is 2.37. The molecule has 35 heavy (non-hydrogen) atoms. The lowest BCUT2D eigenvalue weighted by molar-refractivity contribution is 0.255. The predicted octanol–water partition coefficient (Wildman–Crippen LogP) is 5.50. The summed E-state index contributed by atoms with van der Waals surface area (Å²) >= 11 is 12.1. The summed E-state index contributed by atoms with van der Waals surface area (Å²) in [7, 11) is 0. The van der Waals surface area contributed by atoms with Crippen molar-refractivity contribution >= 4 is 46.6 Å². The van der Waals surface area contributed by atoms with E-state index >= 15 is 4.39 Å². The second-order valence-electron chi connectivity index (χ2n) is 7.87. The van der Waals surface area contributed by atoms with E-state index in [1.807, 2.05) is 6.92 Å². The molecule has 1 saturated heterocycles. The maximum Gasteiger partial charge on any atom is 0.329 e. The molecule has 0 spiro atoms. The molecule has 0 radical (unpaired) electrons. The van der Waals surface area contributed by atoms with E-state index in [4.69, 9.17) is 28.9 Å². The summed E-state index contributed by atoms with van der Waals surface area (Å²) in [6.07, 6.45) is 3.28. The molecule has 1 aliphatic heterocycles. The van der Waals surface area contributed by atoms with E-state index in [-0.39, 0.29) is 17.7 Å². The molecule has 2 N–H and O–H groups in total. The lowest BCUT2D eigenvalue weighted by Crippen LogP contribution is -2.32. The Morgan fingerprint density at radius 1 is 1.06 bits per heavy atom. The largest absolute Gasteiger partial charge is 0.368 e. The van der Waals surface area contributed by atoms with Gasteiger partial charge in [-0.05, 0) is 37.3 Å². The first-order valence-corrected chi connectivity index (χ1v) is 11.6. The van der Waals surface area contributed by atoms with Crippen LogP contribution in [0.25, 0.3) is 22.5 Å². The molecule has 11 heteroatoms. The van der Waals surface area contributed by atoms with Crippen LogP contribution in [0.1, 0.15) is 6.92 Å². The Hall–Kier alpha value is -3.69. The number of aromatic nitrogens is 4. The third-order valence-electron chi connectivity index (χ3n) is 5.79. The quantitative estimate of drug-likeness (QED) is 0.381. The minimum Gasteiger partial charge on any atom is -0.368 e. The van der Waals surface area contributed by atoms with E-state index in [9.17, 15) is 4.79 Å². The maximum atomic E-state index is 16.0. The number of anilines is 3. The van der Waals surface area contributed by atoms with E-state index < -0.39 is 5.82 Å². The summed E-state index contributed by atoms with van der Waals surface area (Å²) in [4.78, 5) is 24.4. The molecule has 0 saturated carbocycles. The molecule has 0 aliphatic carbocycles. The van der Waals surface area contributed by atoms with Gasteiger partial charge in [0.2, 0.25) is 5.95 Å². The van der Waals surface area contributed by atoms with Gasteiger partial charge in [0, 0.05) is 48.8 Å². The molecule has 1 fully saturated rings. The molecule has 0 atom stereocenters. The van der Waals surface area contributed by atoms with E-state index in [0.717, 1.165) is 0 Å². The number of nitrogens with zero attached hydrogens (tertiary/aromatic N) is 6. The smallest absolute Gasteiger partial charge is 0.329 e. The van der Waals surface area contributed by atoms with Crippen molar-refractivity contribution in [3.05, 3.63) is 70.7 Å². The van der Waals surface area contributed by atoms with Crippen LogP contribution in [-0.4, -0.2) is 38.9 Å². The number of benzene rings is 2. The zero-order valence-electron chi connectivity index (χ0n) is 18.6. The van der Waals surface area contributed by atoms with Crippen LogP contribution in [0.2, 0.25) is 10.0 Å². The van der Waals surface area contributed by atoms with Gasteiger partial charge in [0.25, 0.3) is 0 Å². The number of carbonyl (C=O) groups excluding carboxylic acids is 1. The Morgan fingerprint density at radius 2 is 1.86 bits per heavy atom. The number of hydrogen-bond acceptors (Lipinski definition) is 5. The van der Waals surface area contributed by atoms with E-state index in [1.54, 1.807) is 58.2 Å².